The van der Waals surface area contributed by atoms with Gasteiger partial charge in [-0.05, 0) is 36.2 Å². The van der Waals surface area contributed by atoms with Gasteiger partial charge in [0.05, 0.1) is 31.8 Å². The van der Waals surface area contributed by atoms with Crippen LogP contribution in [0, 0.1) is 0 Å². The van der Waals surface area contributed by atoms with Crippen molar-refractivity contribution in [2.75, 3.05) is 18.6 Å². The van der Waals surface area contributed by atoms with Crippen LogP contribution in [0.15, 0.2) is 36.4 Å². The second kappa shape index (κ2) is 15.6. The molecule has 1 aliphatic heterocycles. The van der Waals surface area contributed by atoms with E-state index in [1.54, 1.807) is 24.1 Å². The number of amides is 1. The first kappa shape index (κ1) is 28.8. The van der Waals surface area contributed by atoms with Crippen LogP contribution >= 0.6 is 11.3 Å². The molecule has 0 radical (unpaired) electrons. The van der Waals surface area contributed by atoms with Gasteiger partial charge in [0, 0.05) is 17.7 Å². The number of unbranched alkanes of at least 4 members (excludes halogenated alkanes) is 2. The Bertz CT molecular complexity index is 836. The van der Waals surface area contributed by atoms with Gasteiger partial charge in [-0.3, -0.25) is 4.79 Å². The number of thiophene rings is 1. The maximum absolute atomic E-state index is 11.7. The van der Waals surface area contributed by atoms with Crippen molar-refractivity contribution < 1.29 is 29.6 Å². The molecule has 1 aromatic carbocycles. The predicted molar refractivity (Wildman–Crippen MR) is 132 cm³/mol. The van der Waals surface area contributed by atoms with Gasteiger partial charge >= 0.3 is 5.97 Å². The van der Waals surface area contributed by atoms with Gasteiger partial charge in [0.25, 0.3) is 0 Å². The number of carboxylic acid groups (broad SMARTS) is 1. The maximum Gasteiger partial charge on any atom is 0.345 e. The average molecular weight is 480 g/mol. The average Bonchev–Trinajstić information content (AvgIpc) is 3.42. The molecule has 1 fully saturated rings. The monoisotopic (exact) mass is 479 g/mol. The summed E-state index contributed by atoms with van der Waals surface area (Å²) in [6.45, 7) is 6.98. The van der Waals surface area contributed by atoms with Crippen LogP contribution in [0.25, 0.3) is 0 Å². The zero-order valence-corrected chi connectivity index (χ0v) is 20.8. The van der Waals surface area contributed by atoms with Crippen LogP contribution < -0.4 is 4.90 Å². The number of hydrogen-bond acceptors (Lipinski definition) is 6. The summed E-state index contributed by atoms with van der Waals surface area (Å²) in [6.07, 6.45) is 3.27. The SMILES string of the molecule is CC.CCCCCC(O)c1ccc(N2CC(O)CC2=O)cc1.COCc1ccc(C(=O)O)s1. The van der Waals surface area contributed by atoms with Gasteiger partial charge in [-0.15, -0.1) is 11.3 Å². The molecule has 0 bridgehead atoms. The van der Waals surface area contributed by atoms with E-state index in [-0.39, 0.29) is 12.3 Å². The molecule has 2 heterocycles. The van der Waals surface area contributed by atoms with E-state index in [9.17, 15) is 19.8 Å². The van der Waals surface area contributed by atoms with Gasteiger partial charge in [-0.1, -0.05) is 52.2 Å². The van der Waals surface area contributed by atoms with Gasteiger partial charge < -0.3 is 25.0 Å². The highest BCUT2D eigenvalue weighted by Gasteiger charge is 2.28. The lowest BCUT2D eigenvalue weighted by Gasteiger charge is -2.17. The maximum atomic E-state index is 11.7. The molecule has 1 aromatic heterocycles. The van der Waals surface area contributed by atoms with Crippen molar-refractivity contribution in [2.45, 2.75) is 71.7 Å². The van der Waals surface area contributed by atoms with Crippen molar-refractivity contribution in [3.05, 3.63) is 51.7 Å². The first-order chi connectivity index (χ1) is 15.8. The minimum atomic E-state index is -0.877. The molecule has 0 saturated carbocycles. The van der Waals surface area contributed by atoms with Crippen molar-refractivity contribution in [3.8, 4) is 0 Å². The lowest BCUT2D eigenvalue weighted by atomic mass is 10.0. The lowest BCUT2D eigenvalue weighted by Crippen LogP contribution is -2.25. The van der Waals surface area contributed by atoms with E-state index in [0.29, 0.717) is 18.0 Å². The summed E-state index contributed by atoms with van der Waals surface area (Å²) in [5.41, 5.74) is 1.67. The molecule has 8 heteroatoms. The normalized spacial score (nSPS) is 15.9. The van der Waals surface area contributed by atoms with Crippen molar-refractivity contribution in [2.24, 2.45) is 0 Å². The summed E-state index contributed by atoms with van der Waals surface area (Å²) in [5.74, 6) is -0.925. The predicted octanol–water partition coefficient (Wildman–Crippen LogP) is 5.02. The Labute approximate surface area is 200 Å². The van der Waals surface area contributed by atoms with Crippen LogP contribution in [0.3, 0.4) is 0 Å². The third kappa shape index (κ3) is 9.63. The molecule has 7 nitrogen and oxygen atoms in total. The highest BCUT2D eigenvalue weighted by molar-refractivity contribution is 7.13. The highest BCUT2D eigenvalue weighted by Crippen LogP contribution is 2.25. The third-order valence-corrected chi connectivity index (χ3v) is 5.98. The zero-order valence-electron chi connectivity index (χ0n) is 20.0. The van der Waals surface area contributed by atoms with E-state index in [0.717, 1.165) is 41.8 Å². The quantitative estimate of drug-likeness (QED) is 0.436. The minimum Gasteiger partial charge on any atom is -0.477 e. The highest BCUT2D eigenvalue weighted by atomic mass is 32.1. The molecular formula is C25H37NO6S. The number of benzene rings is 1. The molecule has 1 aliphatic rings. The Balaban J connectivity index is 0.000000354. The Morgan fingerprint density at radius 3 is 2.33 bits per heavy atom. The number of anilines is 1. The number of methoxy groups -OCH3 is 1. The molecular weight excluding hydrogens is 442 g/mol. The van der Waals surface area contributed by atoms with E-state index in [1.165, 1.54) is 11.3 Å². The fourth-order valence-electron chi connectivity index (χ4n) is 3.28. The van der Waals surface area contributed by atoms with Crippen molar-refractivity contribution >= 4 is 28.9 Å². The van der Waals surface area contributed by atoms with Crippen LogP contribution in [0.4, 0.5) is 5.69 Å². The number of carboxylic acids is 1. The number of carbonyl (C=O) groups excluding carboxylic acids is 1. The van der Waals surface area contributed by atoms with Crippen LogP contribution in [0.1, 0.15) is 79.1 Å². The summed E-state index contributed by atoms with van der Waals surface area (Å²) in [4.78, 5) is 25.0. The number of aliphatic hydroxyl groups is 2. The molecule has 33 heavy (non-hydrogen) atoms. The Hall–Kier alpha value is -2.26. The number of nitrogens with zero attached hydrogens (tertiary/aromatic N) is 1. The number of rotatable bonds is 9. The van der Waals surface area contributed by atoms with Gasteiger partial charge in [0.15, 0.2) is 0 Å². The first-order valence-electron chi connectivity index (χ1n) is 11.4. The van der Waals surface area contributed by atoms with Crippen molar-refractivity contribution in [1.29, 1.82) is 0 Å². The van der Waals surface area contributed by atoms with E-state index >= 15 is 0 Å². The Kier molecular flexibility index (Phi) is 13.6. The van der Waals surface area contributed by atoms with Gasteiger partial charge in [-0.2, -0.15) is 0 Å². The number of aliphatic hydroxyl groups excluding tert-OH is 2. The molecule has 3 rings (SSSR count). The van der Waals surface area contributed by atoms with Crippen LogP contribution in [-0.2, 0) is 16.1 Å². The van der Waals surface area contributed by atoms with E-state index in [1.807, 2.05) is 38.1 Å². The van der Waals surface area contributed by atoms with E-state index < -0.39 is 18.2 Å². The van der Waals surface area contributed by atoms with Crippen LogP contribution in [-0.4, -0.2) is 47.0 Å². The number of carbonyl (C=O) groups is 2. The molecule has 3 N–H and O–H groups in total. The smallest absolute Gasteiger partial charge is 0.345 e. The van der Waals surface area contributed by atoms with Crippen LogP contribution in [0.2, 0.25) is 0 Å². The van der Waals surface area contributed by atoms with Crippen molar-refractivity contribution in [3.63, 3.8) is 0 Å². The van der Waals surface area contributed by atoms with Gasteiger partial charge in [0.1, 0.15) is 4.88 Å². The third-order valence-electron chi connectivity index (χ3n) is 4.93. The number of hydrogen-bond donors (Lipinski definition) is 3. The zero-order chi connectivity index (χ0) is 24.8. The summed E-state index contributed by atoms with van der Waals surface area (Å²) in [6, 6.07) is 10.8. The summed E-state index contributed by atoms with van der Waals surface area (Å²) >= 11 is 1.24. The number of aromatic carboxylic acids is 1. The fourth-order valence-corrected chi connectivity index (χ4v) is 4.10. The summed E-state index contributed by atoms with van der Waals surface area (Å²) in [5, 5.41) is 28.1. The van der Waals surface area contributed by atoms with Gasteiger partial charge in [0.2, 0.25) is 5.91 Å². The topological polar surface area (TPSA) is 107 Å². The Morgan fingerprint density at radius 1 is 1.18 bits per heavy atom. The molecule has 0 spiro atoms. The summed E-state index contributed by atoms with van der Waals surface area (Å²) < 4.78 is 4.84. The lowest BCUT2D eigenvalue weighted by molar-refractivity contribution is -0.117. The van der Waals surface area contributed by atoms with Crippen molar-refractivity contribution in [1.82, 2.24) is 0 Å². The summed E-state index contributed by atoms with van der Waals surface area (Å²) in [7, 11) is 1.58. The van der Waals surface area contributed by atoms with E-state index in [2.05, 4.69) is 6.92 Å². The Morgan fingerprint density at radius 2 is 1.85 bits per heavy atom. The van der Waals surface area contributed by atoms with Crippen LogP contribution in [0.5, 0.6) is 0 Å². The number of β-amino-alcohol motifs (C(OH)–C–C–N with tert-alkyl or cyclic N) is 1. The second-order valence-electron chi connectivity index (χ2n) is 7.47. The van der Waals surface area contributed by atoms with E-state index in [4.69, 9.17) is 9.84 Å². The molecule has 2 atom stereocenters. The molecule has 2 unspecified atom stereocenters. The molecule has 1 amide bonds. The molecule has 1 saturated heterocycles. The van der Waals surface area contributed by atoms with Gasteiger partial charge in [-0.25, -0.2) is 4.79 Å². The second-order valence-corrected chi connectivity index (χ2v) is 8.64. The largest absolute Gasteiger partial charge is 0.477 e. The molecule has 2 aromatic rings. The first-order valence-corrected chi connectivity index (χ1v) is 12.2. The molecule has 0 aliphatic carbocycles. The fraction of sp³-hybridized carbons (Fsp3) is 0.520. The molecule has 184 valence electrons. The number of ether oxygens (including phenoxy) is 1. The minimum absolute atomic E-state index is 0.0475. The standard InChI is InChI=1S/C16H23NO3.C7H8O3S.C2H6/c1-2-3-4-5-15(19)12-6-8-13(9-7-12)17-11-14(18)10-16(17)20;1-10-4-5-2-3-6(11-5)7(8)9;1-2/h6-9,14-15,18-19H,2-5,10-11H2,1H3;2-3H,4H2,1H3,(H,8,9);1-2H3.